The van der Waals surface area contributed by atoms with Crippen LogP contribution in [0.3, 0.4) is 0 Å². The molecule has 0 saturated carbocycles. The summed E-state index contributed by atoms with van der Waals surface area (Å²) in [6.07, 6.45) is 4.49. The third-order valence-electron chi connectivity index (χ3n) is 4.91. The molecule has 0 atom stereocenters. The van der Waals surface area contributed by atoms with Gasteiger partial charge in [0, 0.05) is 51.6 Å². The molecule has 126 valence electrons. The second-order valence-electron chi connectivity index (χ2n) is 7.17. The maximum Gasteiger partial charge on any atom is 0.223 e. The number of carbonyl (C=O) groups is 2. The van der Waals surface area contributed by atoms with E-state index in [-0.39, 0.29) is 0 Å². The average Bonchev–Trinajstić information content (AvgIpc) is 2.42. The molecule has 2 fully saturated rings. The minimum atomic E-state index is 0.294. The van der Waals surface area contributed by atoms with Crippen molar-refractivity contribution in [1.29, 1.82) is 0 Å². The number of nitrogens with zero attached hydrogens (tertiary/aromatic N) is 3. The van der Waals surface area contributed by atoms with Gasteiger partial charge in [-0.25, -0.2) is 0 Å². The maximum atomic E-state index is 12.1. The van der Waals surface area contributed by atoms with E-state index in [9.17, 15) is 9.59 Å². The van der Waals surface area contributed by atoms with Crippen molar-refractivity contribution >= 4 is 11.8 Å². The predicted molar refractivity (Wildman–Crippen MR) is 87.5 cm³/mol. The zero-order valence-electron chi connectivity index (χ0n) is 14.4. The first-order valence-electron chi connectivity index (χ1n) is 8.73. The van der Waals surface area contributed by atoms with Gasteiger partial charge in [-0.3, -0.25) is 9.59 Å². The molecule has 2 rings (SSSR count). The van der Waals surface area contributed by atoms with Gasteiger partial charge in [-0.15, -0.1) is 0 Å². The van der Waals surface area contributed by atoms with Gasteiger partial charge in [0.1, 0.15) is 0 Å². The molecule has 0 aromatic carbocycles. The summed E-state index contributed by atoms with van der Waals surface area (Å²) in [6, 6.07) is 0.507. The van der Waals surface area contributed by atoms with Crippen LogP contribution < -0.4 is 0 Å². The van der Waals surface area contributed by atoms with Crippen molar-refractivity contribution in [2.75, 3.05) is 39.8 Å². The number of amides is 2. The zero-order chi connectivity index (χ0) is 16.1. The van der Waals surface area contributed by atoms with Crippen molar-refractivity contribution in [1.82, 2.24) is 14.7 Å². The van der Waals surface area contributed by atoms with Crippen LogP contribution in [0.4, 0.5) is 0 Å². The van der Waals surface area contributed by atoms with Crippen molar-refractivity contribution in [3.8, 4) is 0 Å². The lowest BCUT2D eigenvalue weighted by atomic mass is 10.0. The minimum absolute atomic E-state index is 0.294. The first-order chi connectivity index (χ1) is 10.5. The monoisotopic (exact) mass is 309 g/mol. The van der Waals surface area contributed by atoms with Crippen LogP contribution in [0.2, 0.25) is 0 Å². The van der Waals surface area contributed by atoms with E-state index >= 15 is 0 Å². The Bertz CT molecular complexity index is 385. The van der Waals surface area contributed by atoms with Gasteiger partial charge in [0.2, 0.25) is 11.8 Å². The van der Waals surface area contributed by atoms with Crippen LogP contribution in [0.25, 0.3) is 0 Å². The van der Waals surface area contributed by atoms with Gasteiger partial charge in [0.25, 0.3) is 0 Å². The van der Waals surface area contributed by atoms with Gasteiger partial charge in [0.15, 0.2) is 0 Å². The summed E-state index contributed by atoms with van der Waals surface area (Å²) < 4.78 is 0. The summed E-state index contributed by atoms with van der Waals surface area (Å²) in [5, 5.41) is 0. The van der Waals surface area contributed by atoms with Gasteiger partial charge < -0.3 is 14.7 Å². The Morgan fingerprint density at radius 1 is 1.05 bits per heavy atom. The summed E-state index contributed by atoms with van der Waals surface area (Å²) in [5.74, 6) is 1.02. The third-order valence-corrected chi connectivity index (χ3v) is 4.91. The Hall–Kier alpha value is -1.10. The van der Waals surface area contributed by atoms with Gasteiger partial charge in [-0.1, -0.05) is 13.8 Å². The molecule has 5 nitrogen and oxygen atoms in total. The Morgan fingerprint density at radius 3 is 2.14 bits per heavy atom. The molecule has 0 N–H and O–H groups in total. The fourth-order valence-corrected chi connectivity index (χ4v) is 3.21. The fourth-order valence-electron chi connectivity index (χ4n) is 3.21. The van der Waals surface area contributed by atoms with Crippen molar-refractivity contribution in [2.24, 2.45) is 5.92 Å². The number of rotatable bonds is 6. The molecule has 2 amide bonds. The van der Waals surface area contributed by atoms with E-state index in [0.29, 0.717) is 36.6 Å². The lowest BCUT2D eigenvalue weighted by Crippen LogP contribution is -2.47. The fraction of sp³-hybridized carbons (Fsp3) is 0.882. The molecular formula is C17H31N3O2. The van der Waals surface area contributed by atoms with E-state index in [1.165, 1.54) is 0 Å². The lowest BCUT2D eigenvalue weighted by molar-refractivity contribution is -0.135. The van der Waals surface area contributed by atoms with Gasteiger partial charge in [-0.2, -0.15) is 0 Å². The molecule has 0 aromatic heterocycles. The highest BCUT2D eigenvalue weighted by molar-refractivity contribution is 5.77. The van der Waals surface area contributed by atoms with Gasteiger partial charge in [-0.05, 0) is 32.2 Å². The van der Waals surface area contributed by atoms with Crippen molar-refractivity contribution in [3.05, 3.63) is 0 Å². The molecule has 0 unspecified atom stereocenters. The van der Waals surface area contributed by atoms with Crippen molar-refractivity contribution in [3.63, 3.8) is 0 Å². The molecule has 0 radical (unpaired) electrons. The van der Waals surface area contributed by atoms with Crippen molar-refractivity contribution in [2.45, 2.75) is 52.0 Å². The molecule has 0 aromatic rings. The Labute approximate surface area is 134 Å². The number of hydrogen-bond acceptors (Lipinski definition) is 3. The van der Waals surface area contributed by atoms with Crippen LogP contribution in [0.5, 0.6) is 0 Å². The molecule has 0 bridgehead atoms. The maximum absolute atomic E-state index is 12.1. The second kappa shape index (κ2) is 7.95. The van der Waals surface area contributed by atoms with Gasteiger partial charge in [0.05, 0.1) is 0 Å². The molecule has 2 aliphatic rings. The van der Waals surface area contributed by atoms with Gasteiger partial charge >= 0.3 is 0 Å². The number of piperidine rings is 1. The number of hydrogen-bond donors (Lipinski definition) is 0. The first-order valence-corrected chi connectivity index (χ1v) is 8.73. The third kappa shape index (κ3) is 4.70. The molecule has 2 saturated heterocycles. The van der Waals surface area contributed by atoms with E-state index in [4.69, 9.17) is 0 Å². The van der Waals surface area contributed by atoms with E-state index in [1.54, 1.807) is 0 Å². The van der Waals surface area contributed by atoms with Crippen LogP contribution in [-0.2, 0) is 9.59 Å². The Morgan fingerprint density at radius 2 is 1.64 bits per heavy atom. The highest BCUT2D eigenvalue weighted by atomic mass is 16.2. The van der Waals surface area contributed by atoms with Crippen LogP contribution in [0.1, 0.15) is 46.0 Å². The van der Waals surface area contributed by atoms with Crippen LogP contribution >= 0.6 is 0 Å². The Kier molecular flexibility index (Phi) is 6.24. The second-order valence-corrected chi connectivity index (χ2v) is 7.17. The zero-order valence-corrected chi connectivity index (χ0v) is 14.4. The molecule has 2 heterocycles. The van der Waals surface area contributed by atoms with E-state index < -0.39 is 0 Å². The summed E-state index contributed by atoms with van der Waals surface area (Å²) in [4.78, 5) is 30.2. The Balaban J connectivity index is 1.67. The SMILES string of the molecule is CC(C)CC(=O)N1CCC(N(C)CCC(=O)N2CCC2)CC1. The quantitative estimate of drug-likeness (QED) is 0.748. The van der Waals surface area contributed by atoms with Crippen molar-refractivity contribution < 1.29 is 9.59 Å². The van der Waals surface area contributed by atoms with E-state index in [2.05, 4.69) is 25.8 Å². The minimum Gasteiger partial charge on any atom is -0.343 e. The first kappa shape index (κ1) is 17.3. The highest BCUT2D eigenvalue weighted by Crippen LogP contribution is 2.18. The number of likely N-dealkylation sites (tertiary alicyclic amines) is 2. The molecule has 5 heteroatoms. The highest BCUT2D eigenvalue weighted by Gasteiger charge is 2.26. The lowest BCUT2D eigenvalue weighted by Gasteiger charge is -2.37. The standard InChI is InChI=1S/C17H31N3O2/c1-14(2)13-17(22)20-11-5-15(6-12-20)18(3)10-7-16(21)19-8-4-9-19/h14-15H,4-13H2,1-3H3. The smallest absolute Gasteiger partial charge is 0.223 e. The summed E-state index contributed by atoms with van der Waals surface area (Å²) in [5.41, 5.74) is 0. The summed E-state index contributed by atoms with van der Waals surface area (Å²) in [6.45, 7) is 8.63. The number of carbonyl (C=O) groups excluding carboxylic acids is 2. The molecule has 22 heavy (non-hydrogen) atoms. The van der Waals surface area contributed by atoms with Crippen LogP contribution in [0, 0.1) is 5.92 Å². The predicted octanol–water partition coefficient (Wildman–Crippen LogP) is 1.58. The normalized spacial score (nSPS) is 19.7. The van der Waals surface area contributed by atoms with E-state index in [1.807, 2.05) is 9.80 Å². The molecule has 2 aliphatic heterocycles. The average molecular weight is 309 g/mol. The topological polar surface area (TPSA) is 43.9 Å². The summed E-state index contributed by atoms with van der Waals surface area (Å²) >= 11 is 0. The van der Waals surface area contributed by atoms with Crippen LogP contribution in [0.15, 0.2) is 0 Å². The van der Waals surface area contributed by atoms with E-state index in [0.717, 1.165) is 52.0 Å². The largest absolute Gasteiger partial charge is 0.343 e. The van der Waals surface area contributed by atoms with Crippen LogP contribution in [-0.4, -0.2) is 72.3 Å². The molecule has 0 aliphatic carbocycles. The molecular weight excluding hydrogens is 278 g/mol. The molecule has 0 spiro atoms. The summed E-state index contributed by atoms with van der Waals surface area (Å²) in [7, 11) is 2.11.